The van der Waals surface area contributed by atoms with Gasteiger partial charge >= 0.3 is 14.2 Å². The highest BCUT2D eigenvalue weighted by atomic mass is 31.1. The topological polar surface area (TPSA) is 115 Å². The molecule has 0 aliphatic heterocycles. The van der Waals surface area contributed by atoms with Gasteiger partial charge in [-0.25, -0.2) is 4.79 Å². The maximum absolute atomic E-state index is 10.3. The molecule has 76 valence electrons. The van der Waals surface area contributed by atoms with E-state index in [4.69, 9.17) is 24.6 Å². The molecule has 0 fully saturated rings. The average Bonchev–Trinajstić information content (AvgIpc) is 2.03. The number of aromatic hydroxyl groups is 1. The lowest BCUT2D eigenvalue weighted by Gasteiger charge is -1.95. The van der Waals surface area contributed by atoms with Gasteiger partial charge in [-0.05, 0) is 12.1 Å². The molecule has 1 aromatic carbocycles. The SMILES string of the molecule is O=C(O)c1ccccc1O.O=[P+](O)O. The summed E-state index contributed by atoms with van der Waals surface area (Å²) in [6.45, 7) is 0. The second kappa shape index (κ2) is 6.04. The van der Waals surface area contributed by atoms with Crippen molar-refractivity contribution in [3.05, 3.63) is 29.8 Å². The van der Waals surface area contributed by atoms with E-state index in [9.17, 15) is 4.79 Å². The summed E-state index contributed by atoms with van der Waals surface area (Å²) in [5.41, 5.74) is -0.0671. The van der Waals surface area contributed by atoms with Crippen molar-refractivity contribution in [3.8, 4) is 5.75 Å². The van der Waals surface area contributed by atoms with E-state index < -0.39 is 14.2 Å². The maximum atomic E-state index is 10.3. The fourth-order valence-electron chi connectivity index (χ4n) is 0.654. The second-order valence-electron chi connectivity index (χ2n) is 2.08. The molecule has 0 aliphatic rings. The van der Waals surface area contributed by atoms with Crippen LogP contribution < -0.4 is 0 Å². The van der Waals surface area contributed by atoms with Crippen LogP contribution in [0.4, 0.5) is 0 Å². The molecule has 0 heterocycles. The quantitative estimate of drug-likeness (QED) is 0.517. The Labute approximate surface area is 80.0 Å². The number of phenols is 1. The molecule has 0 saturated heterocycles. The molecule has 0 spiro atoms. The molecule has 0 aromatic heterocycles. The van der Waals surface area contributed by atoms with Crippen LogP contribution in [0.15, 0.2) is 24.3 Å². The van der Waals surface area contributed by atoms with Crippen LogP contribution in [-0.2, 0) is 4.57 Å². The lowest BCUT2D eigenvalue weighted by atomic mass is 10.2. The van der Waals surface area contributed by atoms with E-state index in [-0.39, 0.29) is 11.3 Å². The van der Waals surface area contributed by atoms with Crippen LogP contribution in [0.25, 0.3) is 0 Å². The molecule has 7 heteroatoms. The van der Waals surface area contributed by atoms with Gasteiger partial charge in [0.25, 0.3) is 0 Å². The van der Waals surface area contributed by atoms with Crippen LogP contribution in [0.1, 0.15) is 10.4 Å². The van der Waals surface area contributed by atoms with Gasteiger partial charge in [-0.15, -0.1) is 9.79 Å². The summed E-state index contributed by atoms with van der Waals surface area (Å²) < 4.78 is 8.70. The highest BCUT2D eigenvalue weighted by Crippen LogP contribution is 2.14. The summed E-state index contributed by atoms with van der Waals surface area (Å²) in [4.78, 5) is 24.5. The number of carbonyl (C=O) groups is 1. The molecule has 0 aliphatic carbocycles. The number of carboxylic acid groups (broad SMARTS) is 1. The van der Waals surface area contributed by atoms with Gasteiger partial charge in [0.1, 0.15) is 11.3 Å². The van der Waals surface area contributed by atoms with Crippen LogP contribution in [0.3, 0.4) is 0 Å². The minimum atomic E-state index is -2.87. The van der Waals surface area contributed by atoms with Crippen LogP contribution in [0, 0.1) is 0 Å². The third kappa shape index (κ3) is 5.21. The molecule has 0 atom stereocenters. The molecule has 14 heavy (non-hydrogen) atoms. The van der Waals surface area contributed by atoms with Crippen LogP contribution in [0.5, 0.6) is 5.75 Å². The van der Waals surface area contributed by atoms with Gasteiger partial charge in [-0.2, -0.15) is 0 Å². The molecule has 0 bridgehead atoms. The molecule has 1 rings (SSSR count). The fraction of sp³-hybridized carbons (Fsp3) is 0. The predicted octanol–water partition coefficient (Wildman–Crippen LogP) is 0.719. The van der Waals surface area contributed by atoms with Crippen molar-refractivity contribution in [2.45, 2.75) is 0 Å². The van der Waals surface area contributed by atoms with Gasteiger partial charge in [0, 0.05) is 4.57 Å². The van der Waals surface area contributed by atoms with Crippen LogP contribution in [-0.4, -0.2) is 26.0 Å². The smallest absolute Gasteiger partial charge is 0.507 e. The van der Waals surface area contributed by atoms with E-state index in [1.165, 1.54) is 12.1 Å². The first-order valence-corrected chi connectivity index (χ1v) is 4.48. The largest absolute Gasteiger partial charge is 0.692 e. The van der Waals surface area contributed by atoms with Gasteiger partial charge in [0.05, 0.1) is 0 Å². The summed E-state index contributed by atoms with van der Waals surface area (Å²) in [5.74, 6) is -1.31. The maximum Gasteiger partial charge on any atom is 0.692 e. The van der Waals surface area contributed by atoms with Crippen molar-refractivity contribution in [1.82, 2.24) is 0 Å². The van der Waals surface area contributed by atoms with E-state index in [0.29, 0.717) is 0 Å². The second-order valence-corrected chi connectivity index (χ2v) is 2.58. The predicted molar refractivity (Wildman–Crippen MR) is 47.1 cm³/mol. The Balaban J connectivity index is 0.000000364. The summed E-state index contributed by atoms with van der Waals surface area (Å²) >= 11 is 0. The van der Waals surface area contributed by atoms with Crippen molar-refractivity contribution in [2.24, 2.45) is 0 Å². The Morgan fingerprint density at radius 2 is 1.64 bits per heavy atom. The summed E-state index contributed by atoms with van der Waals surface area (Å²) in [7, 11) is -2.87. The first-order chi connectivity index (χ1) is 6.45. The molecule has 1 aromatic rings. The Kier molecular flexibility index (Phi) is 5.40. The normalized spacial score (nSPS) is 8.43. The van der Waals surface area contributed by atoms with E-state index >= 15 is 0 Å². The lowest BCUT2D eigenvalue weighted by Crippen LogP contribution is -1.95. The number of carboxylic acids is 1. The molecule has 0 unspecified atom stereocenters. The summed E-state index contributed by atoms with van der Waals surface area (Å²) in [6, 6.07) is 5.81. The molecule has 6 nitrogen and oxygen atoms in total. The summed E-state index contributed by atoms with van der Waals surface area (Å²) in [6.07, 6.45) is 0. The third-order valence-electron chi connectivity index (χ3n) is 1.13. The van der Waals surface area contributed by atoms with Gasteiger partial charge in [-0.1, -0.05) is 12.1 Å². The third-order valence-corrected chi connectivity index (χ3v) is 1.13. The lowest BCUT2D eigenvalue weighted by molar-refractivity contribution is 0.0693. The van der Waals surface area contributed by atoms with E-state index in [2.05, 4.69) is 0 Å². The van der Waals surface area contributed by atoms with Gasteiger partial charge in [0.2, 0.25) is 0 Å². The van der Waals surface area contributed by atoms with Crippen molar-refractivity contribution >= 4 is 14.2 Å². The molecule has 0 saturated carbocycles. The Morgan fingerprint density at radius 1 is 1.21 bits per heavy atom. The number of hydrogen-bond donors (Lipinski definition) is 4. The standard InChI is InChI=1S/C7H6O3.HO3P/c8-6-4-2-1-3-5(6)7(9)10;1-4(2)3/h1-4,8H,(H,9,10);(H-,1,2,3)/p+1. The molecular weight excluding hydrogens is 211 g/mol. The molecule has 4 N–H and O–H groups in total. The number of rotatable bonds is 1. The van der Waals surface area contributed by atoms with Gasteiger partial charge in [-0.3, -0.25) is 0 Å². The van der Waals surface area contributed by atoms with E-state index in [0.717, 1.165) is 0 Å². The highest BCUT2D eigenvalue weighted by molar-refractivity contribution is 7.30. The number of hydrogen-bond acceptors (Lipinski definition) is 3. The first-order valence-electron chi connectivity index (χ1n) is 3.31. The Morgan fingerprint density at radius 3 is 1.93 bits per heavy atom. The molecular formula is C7H8O6P+. The first kappa shape index (κ1) is 12.5. The Bertz CT molecular complexity index is 333. The van der Waals surface area contributed by atoms with Crippen molar-refractivity contribution in [3.63, 3.8) is 0 Å². The zero-order chi connectivity index (χ0) is 11.1. The monoisotopic (exact) mass is 219 g/mol. The number of benzene rings is 1. The zero-order valence-corrected chi connectivity index (χ0v) is 7.76. The van der Waals surface area contributed by atoms with Gasteiger partial charge in [0.15, 0.2) is 0 Å². The van der Waals surface area contributed by atoms with Crippen molar-refractivity contribution in [1.29, 1.82) is 0 Å². The van der Waals surface area contributed by atoms with E-state index in [1.54, 1.807) is 12.1 Å². The number of para-hydroxylation sites is 1. The Hall–Kier alpha value is -1.49. The van der Waals surface area contributed by atoms with Gasteiger partial charge < -0.3 is 10.2 Å². The van der Waals surface area contributed by atoms with Crippen LogP contribution >= 0.6 is 8.25 Å². The highest BCUT2D eigenvalue weighted by Gasteiger charge is 2.05. The van der Waals surface area contributed by atoms with Crippen LogP contribution in [0.2, 0.25) is 0 Å². The summed E-state index contributed by atoms with van der Waals surface area (Å²) in [5, 5.41) is 17.3. The minimum Gasteiger partial charge on any atom is -0.507 e. The van der Waals surface area contributed by atoms with E-state index in [1.807, 2.05) is 0 Å². The van der Waals surface area contributed by atoms with Crippen molar-refractivity contribution in [2.75, 3.05) is 0 Å². The molecule has 0 radical (unpaired) electrons. The van der Waals surface area contributed by atoms with Crippen molar-refractivity contribution < 1.29 is 29.4 Å². The zero-order valence-electron chi connectivity index (χ0n) is 6.86. The fourth-order valence-corrected chi connectivity index (χ4v) is 0.654. The molecule has 0 amide bonds. The average molecular weight is 219 g/mol. The number of aromatic carboxylic acids is 1. The minimum absolute atomic E-state index is 0.0671.